The lowest BCUT2D eigenvalue weighted by Gasteiger charge is -2.37. The maximum Gasteiger partial charge on any atom is 0.269 e. The number of hydrogen-bond donors (Lipinski definition) is 1. The molecule has 1 unspecified atom stereocenters. The van der Waals surface area contributed by atoms with Gasteiger partial charge in [-0.1, -0.05) is 72.8 Å². The van der Waals surface area contributed by atoms with E-state index < -0.39 is 6.10 Å². The molecule has 0 spiro atoms. The van der Waals surface area contributed by atoms with E-state index in [1.165, 1.54) is 0 Å². The highest BCUT2D eigenvalue weighted by molar-refractivity contribution is 5.61. The highest BCUT2D eigenvalue weighted by Crippen LogP contribution is 2.29. The van der Waals surface area contributed by atoms with Crippen LogP contribution in [-0.4, -0.2) is 63.7 Å². The Morgan fingerprint density at radius 2 is 1.51 bits per heavy atom. The predicted molar refractivity (Wildman–Crippen MR) is 153 cm³/mol. The molecule has 0 saturated carbocycles. The van der Waals surface area contributed by atoms with Gasteiger partial charge in [0.05, 0.1) is 11.0 Å². The van der Waals surface area contributed by atoms with Crippen molar-refractivity contribution in [2.24, 2.45) is 0 Å². The first-order chi connectivity index (χ1) is 19.0. The number of aromatic nitrogens is 2. The molecule has 1 saturated heterocycles. The lowest BCUT2D eigenvalue weighted by atomic mass is 10.0. The Labute approximate surface area is 228 Å². The Morgan fingerprint density at radius 1 is 0.872 bits per heavy atom. The van der Waals surface area contributed by atoms with Crippen molar-refractivity contribution >= 4 is 11.5 Å². The Balaban J connectivity index is 1.35. The summed E-state index contributed by atoms with van der Waals surface area (Å²) in [5.74, 6) is 1.60. The molecule has 39 heavy (non-hydrogen) atoms. The largest absolute Gasteiger partial charge is 0.391 e. The Morgan fingerprint density at radius 3 is 2.15 bits per heavy atom. The third kappa shape index (κ3) is 6.66. The standard InChI is InChI=1S/C31H33N5O3/c1-23-29(21-25-12-14-27(15-13-25)36(38)39)31(33-30(32-23)26-10-6-3-7-11-26)35-18-16-34(17-19-35)22-28(37)20-24-8-4-2-5-9-24/h2-15,28,37H,16-22H2,1H3. The second-order valence-corrected chi connectivity index (χ2v) is 10.0. The van der Waals surface area contributed by atoms with E-state index in [0.717, 1.165) is 59.9 Å². The maximum absolute atomic E-state index is 11.1. The van der Waals surface area contributed by atoms with Crippen LogP contribution in [0.1, 0.15) is 22.4 Å². The Bertz CT molecular complexity index is 1390. The zero-order chi connectivity index (χ0) is 27.2. The normalized spacial score (nSPS) is 14.8. The summed E-state index contributed by atoms with van der Waals surface area (Å²) in [5.41, 5.74) is 5.09. The van der Waals surface area contributed by atoms with E-state index in [4.69, 9.17) is 9.97 Å². The molecule has 1 aromatic heterocycles. The number of hydrogen-bond acceptors (Lipinski definition) is 7. The van der Waals surface area contributed by atoms with Crippen molar-refractivity contribution in [3.63, 3.8) is 0 Å². The van der Waals surface area contributed by atoms with Crippen molar-refractivity contribution in [1.82, 2.24) is 14.9 Å². The van der Waals surface area contributed by atoms with Gasteiger partial charge in [0.2, 0.25) is 0 Å². The SMILES string of the molecule is Cc1nc(-c2ccccc2)nc(N2CCN(CC(O)Cc3ccccc3)CC2)c1Cc1ccc([N+](=O)[O-])cc1. The van der Waals surface area contributed by atoms with Gasteiger partial charge in [-0.25, -0.2) is 9.97 Å². The Kier molecular flexibility index (Phi) is 8.24. The van der Waals surface area contributed by atoms with E-state index in [-0.39, 0.29) is 10.6 Å². The minimum atomic E-state index is -0.414. The quantitative estimate of drug-likeness (QED) is 0.251. The van der Waals surface area contributed by atoms with Crippen LogP contribution in [0.5, 0.6) is 0 Å². The maximum atomic E-state index is 11.1. The monoisotopic (exact) mass is 523 g/mol. The third-order valence-corrected chi connectivity index (χ3v) is 7.21. The molecule has 1 fully saturated rings. The van der Waals surface area contributed by atoms with Crippen molar-refractivity contribution in [3.8, 4) is 11.4 Å². The molecule has 200 valence electrons. The van der Waals surface area contributed by atoms with Crippen LogP contribution in [0.3, 0.4) is 0 Å². The third-order valence-electron chi connectivity index (χ3n) is 7.21. The molecule has 3 aromatic carbocycles. The number of aliphatic hydroxyl groups is 1. The molecule has 2 heterocycles. The van der Waals surface area contributed by atoms with E-state index >= 15 is 0 Å². The van der Waals surface area contributed by atoms with Crippen LogP contribution in [0.15, 0.2) is 84.9 Å². The predicted octanol–water partition coefficient (Wildman–Crippen LogP) is 4.68. The van der Waals surface area contributed by atoms with Gasteiger partial charge in [0.1, 0.15) is 5.82 Å². The van der Waals surface area contributed by atoms with Gasteiger partial charge in [0.15, 0.2) is 5.82 Å². The topological polar surface area (TPSA) is 95.6 Å². The summed E-state index contributed by atoms with van der Waals surface area (Å²) in [6, 6.07) is 26.8. The van der Waals surface area contributed by atoms with Gasteiger partial charge in [-0.2, -0.15) is 0 Å². The molecule has 8 nitrogen and oxygen atoms in total. The smallest absolute Gasteiger partial charge is 0.269 e. The van der Waals surface area contributed by atoms with E-state index in [1.807, 2.05) is 55.5 Å². The van der Waals surface area contributed by atoms with Crippen LogP contribution in [-0.2, 0) is 12.8 Å². The number of aliphatic hydroxyl groups excluding tert-OH is 1. The molecular weight excluding hydrogens is 490 g/mol. The molecule has 0 radical (unpaired) electrons. The number of benzene rings is 3. The van der Waals surface area contributed by atoms with Crippen LogP contribution in [0.25, 0.3) is 11.4 Å². The molecule has 1 aliphatic rings. The molecule has 4 aromatic rings. The summed E-state index contributed by atoms with van der Waals surface area (Å²) < 4.78 is 0. The number of nitro groups is 1. The van der Waals surface area contributed by atoms with E-state index in [0.29, 0.717) is 25.2 Å². The number of nitro benzene ring substituents is 1. The number of nitrogens with zero attached hydrogens (tertiary/aromatic N) is 5. The van der Waals surface area contributed by atoms with Gasteiger partial charge in [0.25, 0.3) is 5.69 Å². The summed E-state index contributed by atoms with van der Waals surface area (Å²) in [5, 5.41) is 21.8. The minimum Gasteiger partial charge on any atom is -0.391 e. The van der Waals surface area contributed by atoms with Crippen molar-refractivity contribution < 1.29 is 10.0 Å². The number of piperazine rings is 1. The summed E-state index contributed by atoms with van der Waals surface area (Å²) in [4.78, 5) is 25.2. The lowest BCUT2D eigenvalue weighted by Crippen LogP contribution is -2.49. The Hall–Kier alpha value is -4.14. The lowest BCUT2D eigenvalue weighted by molar-refractivity contribution is -0.384. The number of non-ortho nitro benzene ring substituents is 1. The van der Waals surface area contributed by atoms with Crippen LogP contribution < -0.4 is 4.90 Å². The number of aryl methyl sites for hydroxylation is 1. The van der Waals surface area contributed by atoms with Crippen molar-refractivity contribution in [2.45, 2.75) is 25.9 Å². The molecule has 5 rings (SSSR count). The van der Waals surface area contributed by atoms with Gasteiger partial charge in [-0.15, -0.1) is 0 Å². The van der Waals surface area contributed by atoms with Crippen LogP contribution in [0.4, 0.5) is 11.5 Å². The van der Waals surface area contributed by atoms with Gasteiger partial charge in [-0.05, 0) is 24.5 Å². The van der Waals surface area contributed by atoms with Gasteiger partial charge in [0, 0.05) is 68.1 Å². The van der Waals surface area contributed by atoms with E-state index in [9.17, 15) is 15.2 Å². The molecule has 0 bridgehead atoms. The molecule has 1 N–H and O–H groups in total. The minimum absolute atomic E-state index is 0.0805. The van der Waals surface area contributed by atoms with Gasteiger partial charge < -0.3 is 10.0 Å². The summed E-state index contributed by atoms with van der Waals surface area (Å²) in [6.45, 7) is 5.87. The van der Waals surface area contributed by atoms with E-state index in [2.05, 4.69) is 21.9 Å². The van der Waals surface area contributed by atoms with Crippen molar-refractivity contribution in [2.75, 3.05) is 37.6 Å². The number of anilines is 1. The fourth-order valence-corrected chi connectivity index (χ4v) is 5.10. The summed E-state index contributed by atoms with van der Waals surface area (Å²) >= 11 is 0. The highest BCUT2D eigenvalue weighted by Gasteiger charge is 2.24. The average molecular weight is 524 g/mol. The first-order valence-corrected chi connectivity index (χ1v) is 13.3. The molecule has 8 heteroatoms. The van der Waals surface area contributed by atoms with Crippen LogP contribution >= 0.6 is 0 Å². The zero-order valence-corrected chi connectivity index (χ0v) is 22.1. The van der Waals surface area contributed by atoms with Crippen molar-refractivity contribution in [3.05, 3.63) is 117 Å². The molecule has 0 amide bonds. The fraction of sp³-hybridized carbons (Fsp3) is 0.290. The number of rotatable bonds is 9. The van der Waals surface area contributed by atoms with Crippen molar-refractivity contribution in [1.29, 1.82) is 0 Å². The fourth-order valence-electron chi connectivity index (χ4n) is 5.10. The first kappa shape index (κ1) is 26.5. The molecule has 0 aliphatic carbocycles. The van der Waals surface area contributed by atoms with Crippen LogP contribution in [0, 0.1) is 17.0 Å². The van der Waals surface area contributed by atoms with E-state index in [1.54, 1.807) is 24.3 Å². The molecule has 1 atom stereocenters. The zero-order valence-electron chi connectivity index (χ0n) is 22.1. The number of β-amino-alcohol motifs (C(OH)–C–C–N with tert-alkyl or cyclic N) is 1. The molecule has 1 aliphatic heterocycles. The summed E-state index contributed by atoms with van der Waals surface area (Å²) in [7, 11) is 0. The highest BCUT2D eigenvalue weighted by atomic mass is 16.6. The summed E-state index contributed by atoms with van der Waals surface area (Å²) in [6.07, 6.45) is 0.818. The average Bonchev–Trinajstić information content (AvgIpc) is 2.95. The van der Waals surface area contributed by atoms with Gasteiger partial charge in [-0.3, -0.25) is 15.0 Å². The first-order valence-electron chi connectivity index (χ1n) is 13.3. The molecular formula is C31H33N5O3. The van der Waals surface area contributed by atoms with Crippen LogP contribution in [0.2, 0.25) is 0 Å². The van der Waals surface area contributed by atoms with Gasteiger partial charge >= 0.3 is 0 Å². The second-order valence-electron chi connectivity index (χ2n) is 10.0. The second kappa shape index (κ2) is 12.1.